The van der Waals surface area contributed by atoms with Crippen LogP contribution in [0.1, 0.15) is 11.1 Å². The second kappa shape index (κ2) is 8.44. The van der Waals surface area contributed by atoms with Gasteiger partial charge < -0.3 is 10.9 Å². The van der Waals surface area contributed by atoms with E-state index >= 15 is 0 Å². The van der Waals surface area contributed by atoms with E-state index in [4.69, 9.17) is 16.2 Å². The van der Waals surface area contributed by atoms with Gasteiger partial charge in [0.15, 0.2) is 5.84 Å². The molecule has 0 unspecified atom stereocenters. The van der Waals surface area contributed by atoms with Crippen molar-refractivity contribution in [3.8, 4) is 6.07 Å². The van der Waals surface area contributed by atoms with Gasteiger partial charge in [-0.3, -0.25) is 20.2 Å². The number of nitrogens with zero attached hydrogens (tertiary/aromatic N) is 4. The van der Waals surface area contributed by atoms with Gasteiger partial charge in [0.2, 0.25) is 0 Å². The van der Waals surface area contributed by atoms with Crippen LogP contribution in [-0.4, -0.2) is 20.9 Å². The van der Waals surface area contributed by atoms with E-state index < -0.39 is 9.85 Å². The lowest BCUT2D eigenvalue weighted by molar-refractivity contribution is -0.385. The number of oxime groups is 1. The predicted octanol–water partition coefficient (Wildman–Crippen LogP) is 2.16. The van der Waals surface area contributed by atoms with Crippen LogP contribution in [0.15, 0.2) is 53.7 Å². The number of nitriles is 1. The van der Waals surface area contributed by atoms with Crippen molar-refractivity contribution < 1.29 is 15.1 Å². The summed E-state index contributed by atoms with van der Waals surface area (Å²) in [6.07, 6.45) is 0. The van der Waals surface area contributed by atoms with Gasteiger partial charge in [0.1, 0.15) is 11.6 Å². The van der Waals surface area contributed by atoms with E-state index in [-0.39, 0.29) is 28.3 Å². The van der Waals surface area contributed by atoms with E-state index in [1.807, 2.05) is 0 Å². The number of benzene rings is 2. The fourth-order valence-corrected chi connectivity index (χ4v) is 1.63. The van der Waals surface area contributed by atoms with E-state index in [0.29, 0.717) is 0 Å². The van der Waals surface area contributed by atoms with Crippen LogP contribution in [0.4, 0.5) is 11.4 Å². The van der Waals surface area contributed by atoms with E-state index in [9.17, 15) is 20.2 Å². The highest BCUT2D eigenvalue weighted by Gasteiger charge is 2.15. The molecule has 2 aromatic carbocycles. The molecule has 0 spiro atoms. The third-order valence-corrected chi connectivity index (χ3v) is 2.71. The van der Waals surface area contributed by atoms with Crippen molar-refractivity contribution in [1.29, 1.82) is 5.26 Å². The lowest BCUT2D eigenvalue weighted by Gasteiger charge is -1.98. The summed E-state index contributed by atoms with van der Waals surface area (Å²) < 4.78 is 0. The monoisotopic (exact) mass is 329 g/mol. The smallest absolute Gasteiger partial charge is 0.287 e. The van der Waals surface area contributed by atoms with Gasteiger partial charge in [-0.15, -0.1) is 0 Å². The van der Waals surface area contributed by atoms with Crippen LogP contribution in [0.5, 0.6) is 0 Å². The van der Waals surface area contributed by atoms with Gasteiger partial charge >= 0.3 is 0 Å². The highest BCUT2D eigenvalue weighted by atomic mass is 16.6. The highest BCUT2D eigenvalue weighted by Crippen LogP contribution is 2.17. The largest absolute Gasteiger partial charge is 0.409 e. The van der Waals surface area contributed by atoms with Gasteiger partial charge in [-0.2, -0.15) is 5.26 Å². The Kier molecular flexibility index (Phi) is 6.35. The third-order valence-electron chi connectivity index (χ3n) is 2.71. The van der Waals surface area contributed by atoms with Crippen LogP contribution < -0.4 is 5.73 Å². The molecule has 0 aromatic heterocycles. The Morgan fingerprint density at radius 1 is 1.04 bits per heavy atom. The summed E-state index contributed by atoms with van der Waals surface area (Å²) in [5, 5.41) is 40.1. The maximum Gasteiger partial charge on any atom is 0.287 e. The molecule has 0 atom stereocenters. The minimum Gasteiger partial charge on any atom is -0.409 e. The maximum atomic E-state index is 10.5. The molecule has 0 aliphatic heterocycles. The number of hydrogen-bond acceptors (Lipinski definition) is 7. The molecule has 2 aromatic rings. The Morgan fingerprint density at radius 3 is 2.00 bits per heavy atom. The molecule has 0 aliphatic carbocycles. The molecular weight excluding hydrogens is 318 g/mol. The molecule has 2 rings (SSSR count). The summed E-state index contributed by atoms with van der Waals surface area (Å²) in [7, 11) is 0. The SMILES string of the molecule is N#Cc1ccccc1[N+](=O)[O-].NC(=NO)c1ccccc1[N+](=O)[O-]. The van der Waals surface area contributed by atoms with Gasteiger partial charge in [0.05, 0.1) is 15.4 Å². The van der Waals surface area contributed by atoms with Crippen molar-refractivity contribution >= 4 is 17.2 Å². The van der Waals surface area contributed by atoms with Crippen molar-refractivity contribution in [3.05, 3.63) is 79.9 Å². The van der Waals surface area contributed by atoms with E-state index in [1.165, 1.54) is 36.4 Å². The summed E-state index contributed by atoms with van der Waals surface area (Å²) >= 11 is 0. The Morgan fingerprint density at radius 2 is 1.54 bits per heavy atom. The van der Waals surface area contributed by atoms with Gasteiger partial charge in [-0.05, 0) is 12.1 Å². The van der Waals surface area contributed by atoms with Gasteiger partial charge in [0.25, 0.3) is 11.4 Å². The number of nitro benzene ring substituents is 2. The molecule has 0 saturated heterocycles. The molecule has 10 nitrogen and oxygen atoms in total. The zero-order valence-corrected chi connectivity index (χ0v) is 12.1. The van der Waals surface area contributed by atoms with Crippen LogP contribution in [-0.2, 0) is 0 Å². The van der Waals surface area contributed by atoms with E-state index in [2.05, 4.69) is 5.16 Å². The van der Waals surface area contributed by atoms with Crippen molar-refractivity contribution in [2.75, 3.05) is 0 Å². The molecule has 122 valence electrons. The number of amidine groups is 1. The van der Waals surface area contributed by atoms with Crippen molar-refractivity contribution in [2.24, 2.45) is 10.9 Å². The second-order valence-electron chi connectivity index (χ2n) is 4.15. The summed E-state index contributed by atoms with van der Waals surface area (Å²) in [4.78, 5) is 19.5. The zero-order valence-electron chi connectivity index (χ0n) is 12.1. The lowest BCUT2D eigenvalue weighted by Crippen LogP contribution is -2.14. The molecule has 0 radical (unpaired) electrons. The number of para-hydroxylation sites is 2. The topological polar surface area (TPSA) is 169 Å². The summed E-state index contributed by atoms with van der Waals surface area (Å²) in [6.45, 7) is 0. The number of rotatable bonds is 3. The molecule has 0 saturated carbocycles. The summed E-state index contributed by atoms with van der Waals surface area (Å²) in [5.41, 5.74) is 5.10. The molecule has 0 heterocycles. The first kappa shape index (κ1) is 18.1. The van der Waals surface area contributed by atoms with Gasteiger partial charge in [0, 0.05) is 12.1 Å². The average molecular weight is 329 g/mol. The number of nitrogens with two attached hydrogens (primary N) is 1. The summed E-state index contributed by atoms with van der Waals surface area (Å²) in [5.74, 6) is -0.271. The van der Waals surface area contributed by atoms with Crippen LogP contribution in [0.2, 0.25) is 0 Å². The Balaban J connectivity index is 0.000000243. The van der Waals surface area contributed by atoms with Gasteiger partial charge in [-0.1, -0.05) is 29.4 Å². The molecular formula is C14H11N5O5. The molecule has 24 heavy (non-hydrogen) atoms. The molecule has 10 heteroatoms. The van der Waals surface area contributed by atoms with E-state index in [1.54, 1.807) is 18.2 Å². The molecule has 0 amide bonds. The minimum atomic E-state index is -0.590. The Hall–Kier alpha value is -4.00. The molecule has 0 bridgehead atoms. The van der Waals surface area contributed by atoms with Crippen molar-refractivity contribution in [1.82, 2.24) is 0 Å². The molecule has 0 aliphatic rings. The Bertz CT molecular complexity index is 828. The highest BCUT2D eigenvalue weighted by molar-refractivity contribution is 6.00. The van der Waals surface area contributed by atoms with Crippen LogP contribution in [0.3, 0.4) is 0 Å². The van der Waals surface area contributed by atoms with E-state index in [0.717, 1.165) is 0 Å². The Labute approximate surface area is 135 Å². The van der Waals surface area contributed by atoms with Crippen molar-refractivity contribution in [2.45, 2.75) is 0 Å². The first-order valence-electron chi connectivity index (χ1n) is 6.27. The van der Waals surface area contributed by atoms with Gasteiger partial charge in [-0.25, -0.2) is 0 Å². The predicted molar refractivity (Wildman–Crippen MR) is 83.4 cm³/mol. The lowest BCUT2D eigenvalue weighted by atomic mass is 10.1. The fourth-order valence-electron chi connectivity index (χ4n) is 1.63. The first-order valence-corrected chi connectivity index (χ1v) is 6.27. The normalized spacial score (nSPS) is 10.0. The molecule has 0 fully saturated rings. The number of nitro groups is 2. The van der Waals surface area contributed by atoms with Crippen LogP contribution in [0, 0.1) is 31.6 Å². The number of hydrogen-bond donors (Lipinski definition) is 2. The van der Waals surface area contributed by atoms with Crippen LogP contribution in [0.25, 0.3) is 0 Å². The van der Waals surface area contributed by atoms with Crippen molar-refractivity contribution in [3.63, 3.8) is 0 Å². The standard InChI is InChI=1S/C7H7N3O3.C7H4N2O2/c8-7(9-11)5-3-1-2-4-6(5)10(12)13;8-5-6-3-1-2-4-7(6)9(10)11/h1-4,11H,(H2,8,9);1-4H. The third kappa shape index (κ3) is 4.50. The first-order chi connectivity index (χ1) is 11.4. The molecule has 3 N–H and O–H groups in total. The zero-order chi connectivity index (χ0) is 18.1. The fraction of sp³-hybridized carbons (Fsp3) is 0. The van der Waals surface area contributed by atoms with Crippen LogP contribution >= 0.6 is 0 Å². The quantitative estimate of drug-likeness (QED) is 0.285. The summed E-state index contributed by atoms with van der Waals surface area (Å²) in [6, 6.07) is 13.3. The maximum absolute atomic E-state index is 10.5. The minimum absolute atomic E-state index is 0.0949. The average Bonchev–Trinajstić information content (AvgIpc) is 2.61. The second-order valence-corrected chi connectivity index (χ2v) is 4.15.